The van der Waals surface area contributed by atoms with E-state index in [9.17, 15) is 24.0 Å². The van der Waals surface area contributed by atoms with Crippen LogP contribution in [0.2, 0.25) is 0 Å². The molecule has 0 radical (unpaired) electrons. The van der Waals surface area contributed by atoms with Crippen molar-refractivity contribution in [3.8, 4) is 5.75 Å². The molecule has 0 aliphatic carbocycles. The van der Waals surface area contributed by atoms with Gasteiger partial charge in [0, 0.05) is 18.3 Å². The molecule has 2 aromatic rings. The number of nitrogens with one attached hydrogen (secondary N) is 4. The van der Waals surface area contributed by atoms with E-state index in [1.54, 1.807) is 50.9 Å². The van der Waals surface area contributed by atoms with Crippen LogP contribution in [-0.2, 0) is 20.9 Å². The molecular weight excluding hydrogens is 514 g/mol. The molecule has 0 aromatic heterocycles. The van der Waals surface area contributed by atoms with Gasteiger partial charge in [-0.15, -0.1) is 0 Å². The molecule has 40 heavy (non-hydrogen) atoms. The minimum Gasteiger partial charge on any atom is -0.485 e. The predicted molar refractivity (Wildman–Crippen MR) is 151 cm³/mol. The van der Waals surface area contributed by atoms with Crippen LogP contribution in [0.1, 0.15) is 64.9 Å². The Bertz CT molecular complexity index is 1320. The number of nitrogens with zero attached hydrogens (tertiary/aromatic N) is 1. The van der Waals surface area contributed by atoms with E-state index in [0.29, 0.717) is 18.5 Å². The van der Waals surface area contributed by atoms with Crippen molar-refractivity contribution in [2.24, 2.45) is 0 Å². The molecule has 4 unspecified atom stereocenters. The number of likely N-dealkylation sites (N-methyl/N-ethyl adjacent to an activating group) is 1. The number of fused-ring (bicyclic) bond motifs is 1. The number of hydrogen-bond donors (Lipinski definition) is 4. The van der Waals surface area contributed by atoms with Gasteiger partial charge in [-0.05, 0) is 71.2 Å². The Kier molecular flexibility index (Phi) is 9.24. The monoisotopic (exact) mass is 553 g/mol. The van der Waals surface area contributed by atoms with Gasteiger partial charge in [-0.2, -0.15) is 0 Å². The third kappa shape index (κ3) is 6.35. The Morgan fingerprint density at radius 1 is 1.02 bits per heavy atom. The molecule has 11 heteroatoms. The lowest BCUT2D eigenvalue weighted by molar-refractivity contribution is -0.144. The minimum atomic E-state index is -0.651. The number of amides is 3. The third-order valence-electron chi connectivity index (χ3n) is 7.66. The van der Waals surface area contributed by atoms with Gasteiger partial charge in [0.15, 0.2) is 5.75 Å². The van der Waals surface area contributed by atoms with Gasteiger partial charge < -0.3 is 30.9 Å². The fourth-order valence-electron chi connectivity index (χ4n) is 5.39. The van der Waals surface area contributed by atoms with Crippen molar-refractivity contribution in [2.75, 3.05) is 12.4 Å². The number of ether oxygens (including phenoxy) is 1. The number of carbonyl (C=O) groups excluding carboxylic acids is 3. The summed E-state index contributed by atoms with van der Waals surface area (Å²) >= 11 is 0. The Balaban J connectivity index is 1.41. The lowest BCUT2D eigenvalue weighted by Crippen LogP contribution is -2.57. The van der Waals surface area contributed by atoms with E-state index in [0.717, 1.165) is 31.2 Å². The Morgan fingerprint density at radius 3 is 2.50 bits per heavy atom. The summed E-state index contributed by atoms with van der Waals surface area (Å²) in [6.07, 6.45) is 4.25. The fraction of sp³-hybridized carbons (Fsp3) is 0.552. The number of carbonyl (C=O) groups is 3. The first-order chi connectivity index (χ1) is 19.1. The molecule has 2 fully saturated rings. The van der Waals surface area contributed by atoms with Crippen molar-refractivity contribution < 1.29 is 19.1 Å². The maximum absolute atomic E-state index is 13.6. The second-order valence-electron chi connectivity index (χ2n) is 10.9. The maximum atomic E-state index is 13.6. The second kappa shape index (κ2) is 12.6. The first-order valence-corrected chi connectivity index (χ1v) is 14.0. The summed E-state index contributed by atoms with van der Waals surface area (Å²) in [7, 11) is 1.69. The molecule has 2 aliphatic rings. The normalized spacial score (nSPS) is 21.9. The smallest absolute Gasteiger partial charge is 0.272 e. The Hall–Kier alpha value is -3.73. The van der Waals surface area contributed by atoms with Crippen molar-refractivity contribution in [2.45, 2.75) is 96.1 Å². The Morgan fingerprint density at radius 2 is 1.77 bits per heavy atom. The highest BCUT2D eigenvalue weighted by Gasteiger charge is 2.43. The van der Waals surface area contributed by atoms with Crippen LogP contribution in [0.5, 0.6) is 5.75 Å². The maximum Gasteiger partial charge on any atom is 0.272 e. The highest BCUT2D eigenvalue weighted by Crippen LogP contribution is 2.31. The summed E-state index contributed by atoms with van der Waals surface area (Å²) in [5.41, 5.74) is 0.215. The lowest BCUT2D eigenvalue weighted by atomic mass is 9.98. The molecule has 3 amide bonds. The van der Waals surface area contributed by atoms with Gasteiger partial charge in [0.1, 0.15) is 17.8 Å². The molecule has 0 spiro atoms. The van der Waals surface area contributed by atoms with E-state index in [-0.39, 0.29) is 47.8 Å². The molecule has 2 aromatic carbocycles. The van der Waals surface area contributed by atoms with Crippen LogP contribution in [-0.4, -0.2) is 59.9 Å². The van der Waals surface area contributed by atoms with Crippen molar-refractivity contribution in [3.05, 3.63) is 50.3 Å². The van der Waals surface area contributed by atoms with Crippen LogP contribution >= 0.6 is 0 Å². The van der Waals surface area contributed by atoms with Crippen molar-refractivity contribution in [1.82, 2.24) is 20.9 Å². The number of rotatable bonds is 10. The van der Waals surface area contributed by atoms with Gasteiger partial charge in [-0.1, -0.05) is 25.0 Å². The van der Waals surface area contributed by atoms with Crippen molar-refractivity contribution >= 4 is 29.1 Å². The van der Waals surface area contributed by atoms with Crippen molar-refractivity contribution in [3.63, 3.8) is 0 Å². The topological polar surface area (TPSA) is 146 Å². The van der Waals surface area contributed by atoms with Gasteiger partial charge in [-0.3, -0.25) is 24.0 Å². The van der Waals surface area contributed by atoms with E-state index >= 15 is 0 Å². The fourth-order valence-corrected chi connectivity index (χ4v) is 5.39. The van der Waals surface area contributed by atoms with Gasteiger partial charge in [-0.25, -0.2) is 0 Å². The average Bonchev–Trinajstić information content (AvgIpc) is 3.36. The molecule has 0 bridgehead atoms. The summed E-state index contributed by atoms with van der Waals surface area (Å²) in [5.74, 6) is -0.642. The molecule has 2 saturated heterocycles. The lowest BCUT2D eigenvalue weighted by Gasteiger charge is -2.35. The molecule has 4 atom stereocenters. The van der Waals surface area contributed by atoms with Gasteiger partial charge >= 0.3 is 0 Å². The first-order valence-electron chi connectivity index (χ1n) is 14.0. The zero-order chi connectivity index (χ0) is 29.0. The van der Waals surface area contributed by atoms with Crippen LogP contribution < -0.4 is 36.9 Å². The first kappa shape index (κ1) is 29.3. The third-order valence-corrected chi connectivity index (χ3v) is 7.66. The van der Waals surface area contributed by atoms with E-state index in [1.165, 1.54) is 0 Å². The van der Waals surface area contributed by atoms with Gasteiger partial charge in [0.05, 0.1) is 12.1 Å². The highest BCUT2D eigenvalue weighted by atomic mass is 16.5. The van der Waals surface area contributed by atoms with Crippen LogP contribution in [0.15, 0.2) is 33.9 Å². The molecule has 4 N–H and O–H groups in total. The Labute approximate surface area is 233 Å². The molecule has 2 aliphatic heterocycles. The summed E-state index contributed by atoms with van der Waals surface area (Å²) < 4.78 is 5.47. The van der Waals surface area contributed by atoms with E-state index in [1.807, 2.05) is 6.07 Å². The van der Waals surface area contributed by atoms with Crippen LogP contribution in [0.25, 0.3) is 0 Å². The standard InChI is InChI=1S/C29H39N5O6/c1-16(2)40-26-23(24(35)25(26)36)32-19-9-7-8-18(14-19)15-31-28(38)22-13-12-20-10-5-6-11-21(29(39)34(20)22)33-27(37)17(3)30-4/h7-9,14,16-17,20-22,30,32H,5-6,10-13,15H2,1-4H3,(H,31,38)(H,33,37). The zero-order valence-corrected chi connectivity index (χ0v) is 23.5. The average molecular weight is 554 g/mol. The SMILES string of the molecule is CNC(C)C(=O)NC1CCCCC2CCC(C(=O)NCc3cccc(Nc4c(OC(C)C)c(=O)c4=O)c3)N2C1=O. The van der Waals surface area contributed by atoms with Gasteiger partial charge in [0.25, 0.3) is 10.9 Å². The second-order valence-corrected chi connectivity index (χ2v) is 10.9. The van der Waals surface area contributed by atoms with Gasteiger partial charge in [0.2, 0.25) is 17.7 Å². The zero-order valence-electron chi connectivity index (χ0n) is 23.5. The van der Waals surface area contributed by atoms with E-state index in [2.05, 4.69) is 21.3 Å². The summed E-state index contributed by atoms with van der Waals surface area (Å²) in [5, 5.41) is 11.7. The summed E-state index contributed by atoms with van der Waals surface area (Å²) in [6, 6.07) is 5.47. The van der Waals surface area contributed by atoms with Crippen LogP contribution in [0, 0.1) is 0 Å². The predicted octanol–water partition coefficient (Wildman–Crippen LogP) is 1.46. The van der Waals surface area contributed by atoms with Crippen LogP contribution in [0.3, 0.4) is 0 Å². The highest BCUT2D eigenvalue weighted by molar-refractivity contribution is 5.93. The molecular formula is C29H39N5O6. The summed E-state index contributed by atoms with van der Waals surface area (Å²) in [4.78, 5) is 65.0. The number of anilines is 2. The number of hydrogen-bond acceptors (Lipinski definition) is 8. The number of benzene rings is 1. The quantitative estimate of drug-likeness (QED) is 0.324. The van der Waals surface area contributed by atoms with E-state index in [4.69, 9.17) is 4.74 Å². The molecule has 11 nitrogen and oxygen atoms in total. The minimum absolute atomic E-state index is 0.0181. The van der Waals surface area contributed by atoms with Crippen LogP contribution in [0.4, 0.5) is 11.4 Å². The molecule has 216 valence electrons. The summed E-state index contributed by atoms with van der Waals surface area (Å²) in [6.45, 7) is 5.51. The van der Waals surface area contributed by atoms with E-state index < -0.39 is 29.0 Å². The molecule has 2 heterocycles. The molecule has 4 rings (SSSR count). The largest absolute Gasteiger partial charge is 0.485 e. The van der Waals surface area contributed by atoms with Crippen molar-refractivity contribution in [1.29, 1.82) is 0 Å². The molecule has 0 saturated carbocycles.